The van der Waals surface area contributed by atoms with Crippen LogP contribution in [0.2, 0.25) is 0 Å². The SMILES string of the molecule is COCCC(C)NC(=O)N(CC(N)=O)CC(=O)O. The van der Waals surface area contributed by atoms with E-state index in [9.17, 15) is 14.4 Å². The monoisotopic (exact) mass is 261 g/mol. The van der Waals surface area contributed by atoms with Crippen molar-refractivity contribution in [3.63, 3.8) is 0 Å². The highest BCUT2D eigenvalue weighted by Crippen LogP contribution is 1.95. The largest absolute Gasteiger partial charge is 0.480 e. The quantitative estimate of drug-likeness (QED) is 0.517. The average Bonchev–Trinajstić information content (AvgIpc) is 2.24. The second kappa shape index (κ2) is 8.29. The van der Waals surface area contributed by atoms with Crippen molar-refractivity contribution in [1.82, 2.24) is 10.2 Å². The van der Waals surface area contributed by atoms with Crippen molar-refractivity contribution in [1.29, 1.82) is 0 Å². The van der Waals surface area contributed by atoms with Crippen molar-refractivity contribution in [2.45, 2.75) is 19.4 Å². The third kappa shape index (κ3) is 7.44. The lowest BCUT2D eigenvalue weighted by molar-refractivity contribution is -0.137. The van der Waals surface area contributed by atoms with Crippen molar-refractivity contribution in [3.8, 4) is 0 Å². The minimum Gasteiger partial charge on any atom is -0.480 e. The van der Waals surface area contributed by atoms with Crippen LogP contribution in [0.15, 0.2) is 0 Å². The molecule has 1 atom stereocenters. The first kappa shape index (κ1) is 16.2. The summed E-state index contributed by atoms with van der Waals surface area (Å²) in [5.41, 5.74) is 4.94. The van der Waals surface area contributed by atoms with Gasteiger partial charge in [0.05, 0.1) is 0 Å². The minimum atomic E-state index is -1.21. The number of nitrogens with one attached hydrogen (secondary N) is 1. The molecule has 0 aromatic carbocycles. The van der Waals surface area contributed by atoms with Crippen molar-refractivity contribution in [3.05, 3.63) is 0 Å². The third-order valence-corrected chi connectivity index (χ3v) is 2.08. The fraction of sp³-hybridized carbons (Fsp3) is 0.700. The van der Waals surface area contributed by atoms with Gasteiger partial charge in [-0.05, 0) is 13.3 Å². The van der Waals surface area contributed by atoms with Gasteiger partial charge in [-0.15, -0.1) is 0 Å². The van der Waals surface area contributed by atoms with Gasteiger partial charge >= 0.3 is 12.0 Å². The van der Waals surface area contributed by atoms with Gasteiger partial charge in [-0.2, -0.15) is 0 Å². The molecule has 0 aliphatic carbocycles. The predicted molar refractivity (Wildman–Crippen MR) is 62.9 cm³/mol. The molecule has 18 heavy (non-hydrogen) atoms. The van der Waals surface area contributed by atoms with Crippen LogP contribution in [0.4, 0.5) is 4.79 Å². The van der Waals surface area contributed by atoms with Gasteiger partial charge in [0.15, 0.2) is 0 Å². The van der Waals surface area contributed by atoms with E-state index in [0.717, 1.165) is 4.90 Å². The highest BCUT2D eigenvalue weighted by Gasteiger charge is 2.19. The number of hydrogen-bond acceptors (Lipinski definition) is 4. The first-order valence-corrected chi connectivity index (χ1v) is 5.41. The summed E-state index contributed by atoms with van der Waals surface area (Å²) in [4.78, 5) is 33.8. The number of carboxylic acid groups (broad SMARTS) is 1. The molecule has 0 aliphatic heterocycles. The number of aliphatic carboxylic acids is 1. The van der Waals surface area contributed by atoms with E-state index < -0.39 is 31.0 Å². The van der Waals surface area contributed by atoms with E-state index in [4.69, 9.17) is 15.6 Å². The number of urea groups is 1. The summed E-state index contributed by atoms with van der Waals surface area (Å²) < 4.78 is 4.85. The Kier molecular flexibility index (Phi) is 7.45. The van der Waals surface area contributed by atoms with Gasteiger partial charge in [0.1, 0.15) is 13.1 Å². The molecule has 0 heterocycles. The topological polar surface area (TPSA) is 122 Å². The maximum absolute atomic E-state index is 11.7. The van der Waals surface area contributed by atoms with Crippen LogP contribution in [0.5, 0.6) is 0 Å². The number of carbonyl (C=O) groups excluding carboxylic acids is 2. The summed E-state index contributed by atoms with van der Waals surface area (Å²) in [7, 11) is 1.54. The summed E-state index contributed by atoms with van der Waals surface area (Å²) in [6.45, 7) is 1.21. The van der Waals surface area contributed by atoms with Crippen LogP contribution in [0.25, 0.3) is 0 Å². The zero-order chi connectivity index (χ0) is 14.1. The molecule has 0 saturated heterocycles. The molecule has 0 fully saturated rings. The number of amides is 3. The third-order valence-electron chi connectivity index (χ3n) is 2.08. The molecule has 0 aromatic heterocycles. The Balaban J connectivity index is 4.35. The molecule has 0 rings (SSSR count). The molecule has 104 valence electrons. The minimum absolute atomic E-state index is 0.193. The number of primary amides is 1. The molecule has 0 aromatic rings. The second-order valence-electron chi connectivity index (χ2n) is 3.85. The number of methoxy groups -OCH3 is 1. The zero-order valence-electron chi connectivity index (χ0n) is 10.5. The highest BCUT2D eigenvalue weighted by atomic mass is 16.5. The molecular formula is C10H19N3O5. The van der Waals surface area contributed by atoms with E-state index in [1.54, 1.807) is 14.0 Å². The summed E-state index contributed by atoms with van der Waals surface area (Å²) in [5.74, 6) is -1.98. The average molecular weight is 261 g/mol. The van der Waals surface area contributed by atoms with Crippen LogP contribution in [-0.4, -0.2) is 60.8 Å². The van der Waals surface area contributed by atoms with Crippen LogP contribution in [0.3, 0.4) is 0 Å². The Morgan fingerprint density at radius 2 is 2.00 bits per heavy atom. The van der Waals surface area contributed by atoms with Gasteiger partial charge in [0.25, 0.3) is 0 Å². The molecule has 0 saturated carbocycles. The summed E-state index contributed by atoms with van der Waals surface area (Å²) >= 11 is 0. The van der Waals surface area contributed by atoms with Crippen LogP contribution in [0.1, 0.15) is 13.3 Å². The van der Waals surface area contributed by atoms with E-state index in [1.165, 1.54) is 0 Å². The smallest absolute Gasteiger partial charge is 0.323 e. The Labute approximate surface area is 105 Å². The van der Waals surface area contributed by atoms with Gasteiger partial charge in [0.2, 0.25) is 5.91 Å². The Morgan fingerprint density at radius 3 is 2.44 bits per heavy atom. The number of ether oxygens (including phenoxy) is 1. The van der Waals surface area contributed by atoms with Gasteiger partial charge in [-0.25, -0.2) is 4.79 Å². The number of nitrogens with two attached hydrogens (primary N) is 1. The standard InChI is InChI=1S/C10H19N3O5/c1-7(3-4-18-2)12-10(17)13(5-8(11)14)6-9(15)16/h7H,3-6H2,1-2H3,(H2,11,14)(H,12,17)(H,15,16). The van der Waals surface area contributed by atoms with Gasteiger partial charge in [0, 0.05) is 19.8 Å². The molecule has 0 aliphatic rings. The molecule has 1 unspecified atom stereocenters. The van der Waals surface area contributed by atoms with Crippen molar-refractivity contribution in [2.24, 2.45) is 5.73 Å². The van der Waals surface area contributed by atoms with Crippen molar-refractivity contribution in [2.75, 3.05) is 26.8 Å². The van der Waals surface area contributed by atoms with Crippen molar-refractivity contribution >= 4 is 17.9 Å². The molecular weight excluding hydrogens is 242 g/mol. The lowest BCUT2D eigenvalue weighted by atomic mass is 10.2. The summed E-state index contributed by atoms with van der Waals surface area (Å²) in [6, 6.07) is -0.832. The normalized spacial score (nSPS) is 11.7. The Morgan fingerprint density at radius 1 is 1.39 bits per heavy atom. The maximum Gasteiger partial charge on any atom is 0.323 e. The van der Waals surface area contributed by atoms with Gasteiger partial charge in [-0.3, -0.25) is 9.59 Å². The van der Waals surface area contributed by atoms with E-state index in [2.05, 4.69) is 5.32 Å². The molecule has 0 bridgehead atoms. The lowest BCUT2D eigenvalue weighted by Crippen LogP contribution is -2.49. The van der Waals surface area contributed by atoms with Crippen molar-refractivity contribution < 1.29 is 24.2 Å². The molecule has 8 nitrogen and oxygen atoms in total. The zero-order valence-corrected chi connectivity index (χ0v) is 10.5. The number of nitrogens with zero attached hydrogens (tertiary/aromatic N) is 1. The van der Waals surface area contributed by atoms with E-state index in [0.29, 0.717) is 13.0 Å². The Hall–Kier alpha value is -1.83. The summed E-state index contributed by atoms with van der Waals surface area (Å²) in [5, 5.41) is 11.2. The van der Waals surface area contributed by atoms with Crippen LogP contribution < -0.4 is 11.1 Å². The van der Waals surface area contributed by atoms with Crippen LogP contribution in [0, 0.1) is 0 Å². The fourth-order valence-corrected chi connectivity index (χ4v) is 1.22. The molecule has 0 spiro atoms. The van der Waals surface area contributed by atoms with E-state index >= 15 is 0 Å². The first-order chi connectivity index (χ1) is 8.36. The van der Waals surface area contributed by atoms with E-state index in [1.807, 2.05) is 0 Å². The number of carbonyl (C=O) groups is 3. The second-order valence-corrected chi connectivity index (χ2v) is 3.85. The van der Waals surface area contributed by atoms with Crippen LogP contribution in [-0.2, 0) is 14.3 Å². The molecule has 8 heteroatoms. The van der Waals surface area contributed by atoms with Gasteiger partial charge in [-0.1, -0.05) is 0 Å². The van der Waals surface area contributed by atoms with Crippen LogP contribution >= 0.6 is 0 Å². The number of rotatable bonds is 8. The summed E-state index contributed by atoms with van der Waals surface area (Å²) in [6.07, 6.45) is 0.583. The van der Waals surface area contributed by atoms with Gasteiger partial charge < -0.3 is 25.8 Å². The number of carboxylic acids is 1. The molecule has 4 N–H and O–H groups in total. The number of hydrogen-bond donors (Lipinski definition) is 3. The molecule has 0 radical (unpaired) electrons. The Bertz CT molecular complexity index is 292. The predicted octanol–water partition coefficient (Wildman–Crippen LogP) is -1.01. The lowest BCUT2D eigenvalue weighted by Gasteiger charge is -2.22. The highest BCUT2D eigenvalue weighted by molar-refractivity contribution is 5.85. The fourth-order valence-electron chi connectivity index (χ4n) is 1.22. The first-order valence-electron chi connectivity index (χ1n) is 5.41. The maximum atomic E-state index is 11.7. The van der Waals surface area contributed by atoms with E-state index in [-0.39, 0.29) is 6.04 Å². The molecule has 3 amide bonds.